The Morgan fingerprint density at radius 2 is 1.86 bits per heavy atom. The van der Waals surface area contributed by atoms with Gasteiger partial charge in [-0.25, -0.2) is 4.79 Å². The van der Waals surface area contributed by atoms with Crippen molar-refractivity contribution >= 4 is 17.4 Å². The Bertz CT molecular complexity index is 785. The van der Waals surface area contributed by atoms with Crippen LogP contribution >= 0.6 is 0 Å². The fourth-order valence-corrected chi connectivity index (χ4v) is 4.13. The molecule has 1 amide bonds. The second kappa shape index (κ2) is 9.09. The zero-order chi connectivity index (χ0) is 20.1. The topological polar surface area (TPSA) is 81.9 Å². The number of nitrogens with zero attached hydrogens (tertiary/aromatic N) is 1. The molecule has 1 fully saturated rings. The van der Waals surface area contributed by atoms with Crippen molar-refractivity contribution in [3.05, 3.63) is 46.9 Å². The molecule has 0 unspecified atom stereocenters. The summed E-state index contributed by atoms with van der Waals surface area (Å²) in [5, 5.41) is 0. The molecule has 6 heteroatoms. The Morgan fingerprint density at radius 1 is 1.18 bits per heavy atom. The van der Waals surface area contributed by atoms with Crippen molar-refractivity contribution < 1.29 is 19.1 Å². The van der Waals surface area contributed by atoms with Gasteiger partial charge in [-0.2, -0.15) is 0 Å². The van der Waals surface area contributed by atoms with Crippen LogP contribution in [0, 0.1) is 5.92 Å². The standard InChI is InChI=1S/C22H28N2O4/c1-27-19(14-25)11-15-3-7-17(8-4-15)21-20(28-2)13-24(22(21)26)18-9-5-16(12-23)6-10-18/h3-4,7-8,16,18H,5-6,9-13,23H2,1-2H3. The summed E-state index contributed by atoms with van der Waals surface area (Å²) in [7, 11) is 3.07. The van der Waals surface area contributed by atoms with Gasteiger partial charge in [0.25, 0.3) is 5.91 Å². The number of benzene rings is 1. The number of ether oxygens (including phenoxy) is 2. The first-order chi connectivity index (χ1) is 13.6. The normalized spacial score (nSPS) is 22.2. The maximum absolute atomic E-state index is 13.2. The van der Waals surface area contributed by atoms with E-state index in [-0.39, 0.29) is 17.7 Å². The van der Waals surface area contributed by atoms with Crippen LogP contribution in [0.3, 0.4) is 0 Å². The number of hydrogen-bond acceptors (Lipinski definition) is 5. The summed E-state index contributed by atoms with van der Waals surface area (Å²) < 4.78 is 10.5. The van der Waals surface area contributed by atoms with Crippen LogP contribution in [0.1, 0.15) is 36.8 Å². The number of allylic oxidation sites excluding steroid dienone is 1. The smallest absolute Gasteiger partial charge is 0.258 e. The third-order valence-electron chi connectivity index (χ3n) is 5.87. The van der Waals surface area contributed by atoms with E-state index in [4.69, 9.17) is 15.2 Å². The third-order valence-corrected chi connectivity index (χ3v) is 5.87. The van der Waals surface area contributed by atoms with E-state index < -0.39 is 0 Å². The molecule has 0 radical (unpaired) electrons. The van der Waals surface area contributed by atoms with Crippen molar-refractivity contribution in [3.8, 4) is 0 Å². The Labute approximate surface area is 166 Å². The number of hydrogen-bond donors (Lipinski definition) is 1. The highest BCUT2D eigenvalue weighted by Gasteiger charge is 2.37. The van der Waals surface area contributed by atoms with E-state index in [9.17, 15) is 9.59 Å². The number of methoxy groups -OCH3 is 2. The van der Waals surface area contributed by atoms with Crippen LogP contribution in [0.5, 0.6) is 0 Å². The number of carbonyl (C=O) groups excluding carboxylic acids is 2. The zero-order valence-corrected chi connectivity index (χ0v) is 16.6. The summed E-state index contributed by atoms with van der Waals surface area (Å²) >= 11 is 0. The molecule has 2 N–H and O–H groups in total. The number of carbonyl (C=O) groups is 1. The highest BCUT2D eigenvalue weighted by atomic mass is 16.5. The van der Waals surface area contributed by atoms with E-state index in [2.05, 4.69) is 0 Å². The molecule has 6 nitrogen and oxygen atoms in total. The lowest BCUT2D eigenvalue weighted by Crippen LogP contribution is -2.41. The Morgan fingerprint density at radius 3 is 2.39 bits per heavy atom. The van der Waals surface area contributed by atoms with E-state index >= 15 is 0 Å². The van der Waals surface area contributed by atoms with E-state index in [0.29, 0.717) is 30.2 Å². The molecular formula is C22H28N2O4. The summed E-state index contributed by atoms with van der Waals surface area (Å²) in [6, 6.07) is 7.84. The monoisotopic (exact) mass is 384 g/mol. The van der Waals surface area contributed by atoms with Crippen molar-refractivity contribution in [2.45, 2.75) is 38.1 Å². The van der Waals surface area contributed by atoms with Crippen molar-refractivity contribution in [2.75, 3.05) is 27.3 Å². The minimum Gasteiger partial charge on any atom is -0.498 e. The van der Waals surface area contributed by atoms with Gasteiger partial charge in [0.1, 0.15) is 5.76 Å². The van der Waals surface area contributed by atoms with Gasteiger partial charge in [0.2, 0.25) is 0 Å². The summed E-state index contributed by atoms with van der Waals surface area (Å²) in [5.41, 5.74) is 8.18. The number of nitrogens with two attached hydrogens (primary N) is 1. The maximum Gasteiger partial charge on any atom is 0.258 e. The van der Waals surface area contributed by atoms with Crippen molar-refractivity contribution in [1.29, 1.82) is 0 Å². The summed E-state index contributed by atoms with van der Waals surface area (Å²) in [4.78, 5) is 25.9. The molecule has 1 saturated carbocycles. The molecule has 2 aliphatic rings. The van der Waals surface area contributed by atoms with Gasteiger partial charge in [0.15, 0.2) is 11.7 Å². The van der Waals surface area contributed by atoms with Crippen LogP contribution in [0.15, 0.2) is 35.8 Å². The van der Waals surface area contributed by atoms with Crippen molar-refractivity contribution in [1.82, 2.24) is 4.90 Å². The molecule has 1 heterocycles. The molecule has 1 aliphatic carbocycles. The van der Waals surface area contributed by atoms with Crippen molar-refractivity contribution in [2.24, 2.45) is 11.7 Å². The van der Waals surface area contributed by atoms with Gasteiger partial charge < -0.3 is 20.1 Å². The average molecular weight is 384 g/mol. The first-order valence-corrected chi connectivity index (χ1v) is 9.76. The van der Waals surface area contributed by atoms with Gasteiger partial charge in [0, 0.05) is 12.5 Å². The molecule has 1 aliphatic heterocycles. The lowest BCUT2D eigenvalue weighted by molar-refractivity contribution is -0.126. The first-order valence-electron chi connectivity index (χ1n) is 9.76. The van der Waals surface area contributed by atoms with E-state index in [0.717, 1.165) is 43.4 Å². The predicted molar refractivity (Wildman–Crippen MR) is 107 cm³/mol. The van der Waals surface area contributed by atoms with Gasteiger partial charge in [-0.3, -0.25) is 4.79 Å². The van der Waals surface area contributed by atoms with E-state index in [1.807, 2.05) is 29.2 Å². The lowest BCUT2D eigenvalue weighted by atomic mass is 9.85. The average Bonchev–Trinajstić information content (AvgIpc) is 3.08. The van der Waals surface area contributed by atoms with Crippen molar-refractivity contribution in [3.63, 3.8) is 0 Å². The Kier molecular flexibility index (Phi) is 6.55. The van der Waals surface area contributed by atoms with Gasteiger partial charge in [-0.1, -0.05) is 24.3 Å². The minimum atomic E-state index is 0.0335. The van der Waals surface area contributed by atoms with Gasteiger partial charge >= 0.3 is 0 Å². The van der Waals surface area contributed by atoms with Crippen LogP contribution in [0.25, 0.3) is 5.57 Å². The van der Waals surface area contributed by atoms with Crippen LogP contribution in [-0.2, 0) is 25.5 Å². The molecule has 1 aromatic carbocycles. The summed E-state index contributed by atoms with van der Waals surface area (Å²) in [6.07, 6.45) is 4.51. The SMILES string of the molecule is COC(=C=O)Cc1ccc(C2=C(OC)CN(C3CCC(CN)CC3)C2=O)cc1. The zero-order valence-electron chi connectivity index (χ0n) is 16.6. The second-order valence-electron chi connectivity index (χ2n) is 7.45. The summed E-state index contributed by atoms with van der Waals surface area (Å²) in [5.74, 6) is 3.36. The molecule has 3 rings (SSSR count). The van der Waals surface area contributed by atoms with Crippen LogP contribution < -0.4 is 5.73 Å². The first kappa shape index (κ1) is 20.2. The predicted octanol–water partition coefficient (Wildman–Crippen LogP) is 2.31. The second-order valence-corrected chi connectivity index (χ2v) is 7.45. The van der Waals surface area contributed by atoms with Crippen LogP contribution in [0.2, 0.25) is 0 Å². The highest BCUT2D eigenvalue weighted by molar-refractivity contribution is 6.22. The molecular weight excluding hydrogens is 356 g/mol. The fourth-order valence-electron chi connectivity index (χ4n) is 4.13. The molecule has 0 aromatic heterocycles. The quantitative estimate of drug-likeness (QED) is 0.576. The van der Waals surface area contributed by atoms with Gasteiger partial charge in [-0.15, -0.1) is 0 Å². The number of amides is 1. The van der Waals surface area contributed by atoms with E-state index in [1.54, 1.807) is 13.1 Å². The minimum absolute atomic E-state index is 0.0335. The lowest BCUT2D eigenvalue weighted by Gasteiger charge is -2.34. The largest absolute Gasteiger partial charge is 0.498 e. The molecule has 0 spiro atoms. The van der Waals surface area contributed by atoms with Gasteiger partial charge in [0.05, 0.1) is 26.3 Å². The fraction of sp³-hybridized carbons (Fsp3) is 0.500. The molecule has 28 heavy (non-hydrogen) atoms. The third kappa shape index (κ3) is 4.13. The Balaban J connectivity index is 1.75. The molecule has 0 saturated heterocycles. The summed E-state index contributed by atoms with van der Waals surface area (Å²) in [6.45, 7) is 1.25. The Hall–Kier alpha value is -2.56. The van der Waals surface area contributed by atoms with Crippen LogP contribution in [0.4, 0.5) is 0 Å². The molecule has 150 valence electrons. The number of rotatable bonds is 7. The molecule has 0 atom stereocenters. The highest BCUT2D eigenvalue weighted by Crippen LogP contribution is 2.35. The van der Waals surface area contributed by atoms with E-state index in [1.165, 1.54) is 7.11 Å². The maximum atomic E-state index is 13.2. The van der Waals surface area contributed by atoms with Crippen LogP contribution in [-0.4, -0.2) is 50.1 Å². The molecule has 0 bridgehead atoms. The van der Waals surface area contributed by atoms with Gasteiger partial charge in [-0.05, 0) is 49.3 Å². The molecule has 1 aromatic rings.